The molecule has 2 aliphatic heterocycles. The minimum Gasteiger partial charge on any atom is -0.495 e. The summed E-state index contributed by atoms with van der Waals surface area (Å²) in [6.07, 6.45) is 1.55. The zero-order chi connectivity index (χ0) is 33.2. The van der Waals surface area contributed by atoms with E-state index in [1.54, 1.807) is 43.5 Å². The molecule has 1 amide bonds. The summed E-state index contributed by atoms with van der Waals surface area (Å²) in [5, 5.41) is 13.3. The Bertz CT molecular complexity index is 1940. The van der Waals surface area contributed by atoms with Crippen molar-refractivity contribution in [3.8, 4) is 17.7 Å². The van der Waals surface area contributed by atoms with Gasteiger partial charge < -0.3 is 19.3 Å². The van der Waals surface area contributed by atoms with Gasteiger partial charge in [0.25, 0.3) is 15.9 Å². The Morgan fingerprint density at radius 2 is 1.72 bits per heavy atom. The lowest BCUT2D eigenvalue weighted by Crippen LogP contribution is -2.52. The molecule has 11 nitrogen and oxygen atoms in total. The molecule has 0 bridgehead atoms. The predicted molar refractivity (Wildman–Crippen MR) is 178 cm³/mol. The Kier molecular flexibility index (Phi) is 8.88. The number of hydrogen-bond acceptors (Lipinski definition) is 10. The second-order valence-electron chi connectivity index (χ2n) is 11.4. The van der Waals surface area contributed by atoms with Crippen molar-refractivity contribution in [2.24, 2.45) is 0 Å². The lowest BCUT2D eigenvalue weighted by Gasteiger charge is -2.34. The summed E-state index contributed by atoms with van der Waals surface area (Å²) >= 11 is 0. The highest BCUT2D eigenvalue weighted by Crippen LogP contribution is 2.49. The van der Waals surface area contributed by atoms with E-state index < -0.39 is 21.5 Å². The van der Waals surface area contributed by atoms with E-state index in [1.807, 2.05) is 12.1 Å². The highest BCUT2D eigenvalue weighted by molar-refractivity contribution is 7.93. The van der Waals surface area contributed by atoms with Crippen LogP contribution in [0, 0.1) is 11.3 Å². The van der Waals surface area contributed by atoms with Crippen molar-refractivity contribution < 1.29 is 22.7 Å². The zero-order valence-electron chi connectivity index (χ0n) is 26.5. The number of rotatable bonds is 10. The van der Waals surface area contributed by atoms with Crippen LogP contribution in [0.5, 0.6) is 11.6 Å². The molecule has 242 valence electrons. The van der Waals surface area contributed by atoms with Crippen molar-refractivity contribution in [2.45, 2.75) is 23.9 Å². The molecule has 0 spiro atoms. The van der Waals surface area contributed by atoms with E-state index in [4.69, 9.17) is 9.47 Å². The second kappa shape index (κ2) is 13.0. The Hall–Kier alpha value is -4.96. The van der Waals surface area contributed by atoms with Crippen molar-refractivity contribution in [3.05, 3.63) is 107 Å². The van der Waals surface area contributed by atoms with E-state index in [0.29, 0.717) is 11.1 Å². The molecule has 1 N–H and O–H groups in total. The number of para-hydroxylation sites is 1. The summed E-state index contributed by atoms with van der Waals surface area (Å²) in [5.74, 6) is -0.514. The molecule has 1 saturated heterocycles. The molecule has 12 heteroatoms. The molecule has 47 heavy (non-hydrogen) atoms. The first-order valence-electron chi connectivity index (χ1n) is 15.4. The van der Waals surface area contributed by atoms with Crippen LogP contribution in [0.3, 0.4) is 0 Å². The fourth-order valence-electron chi connectivity index (χ4n) is 6.21. The van der Waals surface area contributed by atoms with Gasteiger partial charge in [0, 0.05) is 55.7 Å². The molecule has 0 aliphatic carbocycles. The number of amides is 1. The third-order valence-electron chi connectivity index (χ3n) is 8.66. The summed E-state index contributed by atoms with van der Waals surface area (Å²) in [6.45, 7) is 6.09. The Labute approximate surface area is 275 Å². The van der Waals surface area contributed by atoms with E-state index in [9.17, 15) is 13.7 Å². The van der Waals surface area contributed by atoms with Gasteiger partial charge in [0.15, 0.2) is 5.54 Å². The van der Waals surface area contributed by atoms with Gasteiger partial charge >= 0.3 is 0 Å². The number of sulfonamides is 1. The van der Waals surface area contributed by atoms with Crippen molar-refractivity contribution in [3.63, 3.8) is 0 Å². The number of carbonyl (C=O) groups is 1. The first-order valence-corrected chi connectivity index (χ1v) is 16.8. The molecule has 3 heterocycles. The monoisotopic (exact) mass is 652 g/mol. The number of anilines is 2. The van der Waals surface area contributed by atoms with Crippen LogP contribution in [0.4, 0.5) is 11.4 Å². The first-order chi connectivity index (χ1) is 22.7. The first kappa shape index (κ1) is 32.0. The normalized spacial score (nSPS) is 18.1. The van der Waals surface area contributed by atoms with Gasteiger partial charge in [0.2, 0.25) is 5.88 Å². The third-order valence-corrected chi connectivity index (χ3v) is 10.4. The smallest absolute Gasteiger partial charge is 0.274 e. The van der Waals surface area contributed by atoms with Gasteiger partial charge in [-0.15, -0.1) is 0 Å². The number of likely N-dealkylation sites (N-methyl/N-ethyl adjacent to an activating group) is 1. The van der Waals surface area contributed by atoms with Gasteiger partial charge in [-0.05, 0) is 74.1 Å². The minimum absolute atomic E-state index is 0.0952. The maximum absolute atomic E-state index is 15.0. The molecular formula is C35H36N6O5S. The van der Waals surface area contributed by atoms with Crippen LogP contribution >= 0.6 is 0 Å². The summed E-state index contributed by atoms with van der Waals surface area (Å²) in [7, 11) is -1.02. The number of nitrogens with one attached hydrogen (secondary N) is 1. The molecule has 0 saturated carbocycles. The van der Waals surface area contributed by atoms with Crippen molar-refractivity contribution >= 4 is 27.3 Å². The fourth-order valence-corrected chi connectivity index (χ4v) is 7.83. The number of benzene rings is 3. The van der Waals surface area contributed by atoms with E-state index in [-0.39, 0.29) is 40.9 Å². The van der Waals surface area contributed by atoms with Crippen molar-refractivity contribution in [1.82, 2.24) is 15.2 Å². The Morgan fingerprint density at radius 1 is 0.979 bits per heavy atom. The molecule has 6 rings (SSSR count). The predicted octanol–water partition coefficient (Wildman–Crippen LogP) is 3.88. The van der Waals surface area contributed by atoms with Gasteiger partial charge in [-0.3, -0.25) is 10.1 Å². The van der Waals surface area contributed by atoms with E-state index in [1.165, 1.54) is 31.4 Å². The lowest BCUT2D eigenvalue weighted by atomic mass is 9.83. The number of nitriles is 1. The van der Waals surface area contributed by atoms with Crippen LogP contribution in [0.15, 0.2) is 90.0 Å². The van der Waals surface area contributed by atoms with Gasteiger partial charge in [-0.25, -0.2) is 17.7 Å². The standard InChI is InChI=1S/C35H36N6O5S/c1-4-46-33-28(8-7-17-37-33)35(38-24-25-11-14-27(15-12-25)40-20-18-39(2)19-21-40)29-22-26(23-36)13-16-30(29)41(34(35)42)47(43,44)32-10-6-5-9-31(32)45-3/h5-17,22,38H,4,18-21,24H2,1-3H3. The number of pyridine rings is 1. The van der Waals surface area contributed by atoms with Crippen LogP contribution in [0.25, 0.3) is 0 Å². The number of nitrogens with zero attached hydrogens (tertiary/aromatic N) is 5. The average molecular weight is 653 g/mol. The van der Waals surface area contributed by atoms with Crippen LogP contribution in [0.2, 0.25) is 0 Å². The topological polar surface area (TPSA) is 128 Å². The molecule has 2 aliphatic rings. The van der Waals surface area contributed by atoms with Gasteiger partial charge in [0.1, 0.15) is 10.6 Å². The van der Waals surface area contributed by atoms with Crippen LogP contribution in [0.1, 0.15) is 29.2 Å². The summed E-state index contributed by atoms with van der Waals surface area (Å²) in [5.41, 5.74) is 1.20. The minimum atomic E-state index is -4.51. The number of piperazine rings is 1. The Balaban J connectivity index is 1.49. The lowest BCUT2D eigenvalue weighted by molar-refractivity contribution is -0.121. The fraction of sp³-hybridized carbons (Fsp3) is 0.286. The molecule has 1 unspecified atom stereocenters. The molecule has 1 fully saturated rings. The maximum Gasteiger partial charge on any atom is 0.274 e. The quantitative estimate of drug-likeness (QED) is 0.270. The molecule has 1 atom stereocenters. The maximum atomic E-state index is 15.0. The average Bonchev–Trinajstić information content (AvgIpc) is 3.35. The number of ether oxygens (including phenoxy) is 2. The molecule has 1 aromatic heterocycles. The zero-order valence-corrected chi connectivity index (χ0v) is 27.3. The van der Waals surface area contributed by atoms with E-state index in [0.717, 1.165) is 41.7 Å². The highest BCUT2D eigenvalue weighted by Gasteiger charge is 2.57. The van der Waals surface area contributed by atoms with Gasteiger partial charge in [-0.2, -0.15) is 5.26 Å². The summed E-state index contributed by atoms with van der Waals surface area (Å²) in [6, 6.07) is 24.3. The molecule has 3 aromatic carbocycles. The Morgan fingerprint density at radius 3 is 2.43 bits per heavy atom. The van der Waals surface area contributed by atoms with Crippen molar-refractivity contribution in [1.29, 1.82) is 5.26 Å². The van der Waals surface area contributed by atoms with Crippen molar-refractivity contribution in [2.75, 3.05) is 56.1 Å². The van der Waals surface area contributed by atoms with Crippen LogP contribution in [-0.4, -0.2) is 71.2 Å². The number of carbonyl (C=O) groups excluding carboxylic acids is 1. The second-order valence-corrected chi connectivity index (χ2v) is 13.2. The van der Waals surface area contributed by atoms with E-state index >= 15 is 4.79 Å². The van der Waals surface area contributed by atoms with Crippen LogP contribution in [-0.2, 0) is 26.9 Å². The van der Waals surface area contributed by atoms with E-state index in [2.05, 4.69) is 45.4 Å². The number of hydrogen-bond donors (Lipinski definition) is 1. The SMILES string of the molecule is CCOc1ncccc1C1(NCc2ccc(N3CCN(C)CC3)cc2)C(=O)N(S(=O)(=O)c2ccccc2OC)c2ccc(C#N)cc21. The third kappa shape index (κ3) is 5.67. The van der Waals surface area contributed by atoms with Gasteiger partial charge in [-0.1, -0.05) is 24.3 Å². The number of fused-ring (bicyclic) bond motifs is 1. The molecule has 0 radical (unpaired) electrons. The summed E-state index contributed by atoms with van der Waals surface area (Å²) in [4.78, 5) is 23.9. The largest absolute Gasteiger partial charge is 0.495 e. The highest BCUT2D eigenvalue weighted by atomic mass is 32.2. The number of aromatic nitrogens is 1. The molecule has 4 aromatic rings. The van der Waals surface area contributed by atoms with Gasteiger partial charge in [0.05, 0.1) is 31.0 Å². The molecular weight excluding hydrogens is 616 g/mol. The number of methoxy groups -OCH3 is 1. The summed E-state index contributed by atoms with van der Waals surface area (Å²) < 4.78 is 41.0. The van der Waals surface area contributed by atoms with Crippen LogP contribution < -0.4 is 24.0 Å².